The molecule has 1 aliphatic heterocycles. The highest BCUT2D eigenvalue weighted by molar-refractivity contribution is 9.10. The van der Waals surface area contributed by atoms with Crippen LogP contribution in [0.4, 0.5) is 4.79 Å². The molecule has 6 nitrogen and oxygen atoms in total. The number of nitrogens with one attached hydrogen (secondary N) is 2. The monoisotopic (exact) mass is 365 g/mol. The second-order valence-electron chi connectivity index (χ2n) is 5.77. The van der Waals surface area contributed by atoms with E-state index in [0.29, 0.717) is 5.56 Å². The number of carbonyl (C=O) groups is 3. The van der Waals surface area contributed by atoms with Gasteiger partial charge in [0.05, 0.1) is 0 Å². The zero-order valence-corrected chi connectivity index (χ0v) is 13.6. The number of benzene rings is 1. The fraction of sp³-hybridized carbons (Fsp3) is 0.400. The minimum absolute atomic E-state index is 0.197. The summed E-state index contributed by atoms with van der Waals surface area (Å²) in [6.07, 6.45) is 1.92. The molecule has 0 spiro atoms. The third-order valence-corrected chi connectivity index (χ3v) is 4.62. The fourth-order valence-electron chi connectivity index (χ4n) is 2.53. The highest BCUT2D eigenvalue weighted by Crippen LogP contribution is 2.33. The number of carbonyl (C=O) groups excluding carboxylic acids is 3. The van der Waals surface area contributed by atoms with Gasteiger partial charge in [-0.25, -0.2) is 4.79 Å². The van der Waals surface area contributed by atoms with Gasteiger partial charge in [-0.05, 0) is 25.8 Å². The van der Waals surface area contributed by atoms with Gasteiger partial charge in [-0.3, -0.25) is 14.5 Å². The Morgan fingerprint density at radius 1 is 1.41 bits per heavy atom. The van der Waals surface area contributed by atoms with Crippen molar-refractivity contribution in [3.05, 3.63) is 34.3 Å². The Balaban J connectivity index is 1.81. The first kappa shape index (κ1) is 15.0. The molecule has 116 valence electrons. The second-order valence-corrected chi connectivity index (χ2v) is 6.62. The number of hydrogen-bond donors (Lipinski definition) is 2. The Morgan fingerprint density at radius 2 is 2.09 bits per heavy atom. The maximum Gasteiger partial charge on any atom is 0.325 e. The van der Waals surface area contributed by atoms with E-state index in [-0.39, 0.29) is 18.5 Å². The van der Waals surface area contributed by atoms with Crippen molar-refractivity contribution in [3.63, 3.8) is 0 Å². The number of halogens is 1. The van der Waals surface area contributed by atoms with Crippen LogP contribution in [0.15, 0.2) is 28.7 Å². The Labute approximate surface area is 136 Å². The van der Waals surface area contributed by atoms with E-state index in [4.69, 9.17) is 0 Å². The molecule has 7 heteroatoms. The van der Waals surface area contributed by atoms with E-state index in [1.54, 1.807) is 19.1 Å². The zero-order valence-electron chi connectivity index (χ0n) is 12.1. The van der Waals surface area contributed by atoms with Crippen LogP contribution in [0.2, 0.25) is 0 Å². The molecule has 0 bridgehead atoms. The van der Waals surface area contributed by atoms with Crippen LogP contribution in [-0.4, -0.2) is 35.3 Å². The van der Waals surface area contributed by atoms with Crippen LogP contribution in [0.5, 0.6) is 0 Å². The van der Waals surface area contributed by atoms with Crippen LogP contribution in [0.25, 0.3) is 0 Å². The molecule has 1 atom stereocenters. The lowest BCUT2D eigenvalue weighted by Gasteiger charge is -2.23. The predicted molar refractivity (Wildman–Crippen MR) is 82.9 cm³/mol. The lowest BCUT2D eigenvalue weighted by atomic mass is 9.92. The largest absolute Gasteiger partial charge is 0.352 e. The van der Waals surface area contributed by atoms with E-state index in [1.807, 2.05) is 12.1 Å². The van der Waals surface area contributed by atoms with Gasteiger partial charge in [-0.15, -0.1) is 0 Å². The van der Waals surface area contributed by atoms with Crippen molar-refractivity contribution in [1.82, 2.24) is 15.5 Å². The average Bonchev–Trinajstić information content (AvgIpc) is 3.24. The molecular weight excluding hydrogens is 350 g/mol. The molecule has 1 saturated heterocycles. The molecule has 3 rings (SSSR count). The lowest BCUT2D eigenvalue weighted by molar-refractivity contribution is -0.134. The molecule has 0 unspecified atom stereocenters. The van der Waals surface area contributed by atoms with Crippen molar-refractivity contribution in [2.24, 2.45) is 0 Å². The third kappa shape index (κ3) is 2.61. The van der Waals surface area contributed by atoms with Crippen LogP contribution >= 0.6 is 15.9 Å². The molecule has 0 radical (unpaired) electrons. The van der Waals surface area contributed by atoms with Gasteiger partial charge >= 0.3 is 6.03 Å². The summed E-state index contributed by atoms with van der Waals surface area (Å²) in [6, 6.07) is 6.86. The molecule has 2 aliphatic rings. The Bertz CT molecular complexity index is 659. The summed E-state index contributed by atoms with van der Waals surface area (Å²) in [7, 11) is 0. The summed E-state index contributed by atoms with van der Waals surface area (Å²) in [6.45, 7) is 1.40. The molecule has 1 saturated carbocycles. The van der Waals surface area contributed by atoms with Crippen LogP contribution in [0, 0.1) is 0 Å². The molecule has 2 fully saturated rings. The molecule has 1 aliphatic carbocycles. The van der Waals surface area contributed by atoms with Crippen LogP contribution in [-0.2, 0) is 15.1 Å². The van der Waals surface area contributed by atoms with Gasteiger partial charge in [0, 0.05) is 16.1 Å². The van der Waals surface area contributed by atoms with Crippen molar-refractivity contribution in [3.8, 4) is 0 Å². The number of imide groups is 1. The van der Waals surface area contributed by atoms with E-state index >= 15 is 0 Å². The van der Waals surface area contributed by atoms with E-state index < -0.39 is 17.5 Å². The summed E-state index contributed by atoms with van der Waals surface area (Å²) in [5.41, 5.74) is -0.504. The smallest absolute Gasteiger partial charge is 0.325 e. The van der Waals surface area contributed by atoms with Crippen LogP contribution < -0.4 is 10.6 Å². The van der Waals surface area contributed by atoms with Crippen LogP contribution in [0.1, 0.15) is 25.3 Å². The van der Waals surface area contributed by atoms with Crippen molar-refractivity contribution in [1.29, 1.82) is 0 Å². The van der Waals surface area contributed by atoms with E-state index in [0.717, 1.165) is 22.2 Å². The average molecular weight is 366 g/mol. The third-order valence-electron chi connectivity index (χ3n) is 3.93. The summed E-state index contributed by atoms with van der Waals surface area (Å²) in [5.74, 6) is -0.724. The van der Waals surface area contributed by atoms with Gasteiger partial charge in [-0.2, -0.15) is 0 Å². The second kappa shape index (κ2) is 5.39. The van der Waals surface area contributed by atoms with Crippen molar-refractivity contribution in [2.75, 3.05) is 6.54 Å². The van der Waals surface area contributed by atoms with Crippen molar-refractivity contribution < 1.29 is 14.4 Å². The first-order chi connectivity index (χ1) is 10.4. The lowest BCUT2D eigenvalue weighted by Crippen LogP contribution is -2.43. The van der Waals surface area contributed by atoms with Gasteiger partial charge in [0.2, 0.25) is 5.91 Å². The maximum atomic E-state index is 12.7. The number of amides is 4. The van der Waals surface area contributed by atoms with Crippen LogP contribution in [0.3, 0.4) is 0 Å². The zero-order chi connectivity index (χ0) is 15.9. The summed E-state index contributed by atoms with van der Waals surface area (Å²) >= 11 is 3.40. The van der Waals surface area contributed by atoms with E-state index in [9.17, 15) is 14.4 Å². The van der Waals surface area contributed by atoms with Gasteiger partial charge in [-0.1, -0.05) is 34.1 Å². The number of rotatable bonds is 4. The maximum absolute atomic E-state index is 12.7. The van der Waals surface area contributed by atoms with E-state index in [2.05, 4.69) is 26.6 Å². The first-order valence-corrected chi connectivity index (χ1v) is 7.89. The first-order valence-electron chi connectivity index (χ1n) is 7.10. The molecule has 1 aromatic rings. The number of hydrogen-bond acceptors (Lipinski definition) is 3. The minimum Gasteiger partial charge on any atom is -0.352 e. The molecule has 0 aromatic heterocycles. The molecule has 1 heterocycles. The number of nitrogens with zero attached hydrogens (tertiary/aromatic N) is 1. The predicted octanol–water partition coefficient (Wildman–Crippen LogP) is 1.49. The molecule has 4 amide bonds. The summed E-state index contributed by atoms with van der Waals surface area (Å²) in [4.78, 5) is 37.6. The molecule has 1 aromatic carbocycles. The van der Waals surface area contributed by atoms with Gasteiger partial charge in [0.25, 0.3) is 5.91 Å². The molecule has 2 N–H and O–H groups in total. The summed E-state index contributed by atoms with van der Waals surface area (Å²) < 4.78 is 0.732. The van der Waals surface area contributed by atoms with Crippen molar-refractivity contribution >= 4 is 33.8 Å². The minimum atomic E-state index is -1.17. The van der Waals surface area contributed by atoms with Gasteiger partial charge < -0.3 is 10.6 Å². The topological polar surface area (TPSA) is 78.5 Å². The Morgan fingerprint density at radius 3 is 2.73 bits per heavy atom. The Hall–Kier alpha value is -1.89. The number of urea groups is 1. The SMILES string of the molecule is C[C@]1(c2ccccc2Br)NC(=O)N(CC(=O)NC2CC2)C1=O. The molecule has 22 heavy (non-hydrogen) atoms. The van der Waals surface area contributed by atoms with E-state index in [1.165, 1.54) is 0 Å². The van der Waals surface area contributed by atoms with Gasteiger partial charge in [0.1, 0.15) is 12.1 Å². The highest BCUT2D eigenvalue weighted by Gasteiger charge is 2.50. The van der Waals surface area contributed by atoms with Crippen molar-refractivity contribution in [2.45, 2.75) is 31.3 Å². The highest BCUT2D eigenvalue weighted by atomic mass is 79.9. The Kier molecular flexibility index (Phi) is 3.68. The standard InChI is InChI=1S/C15H16BrN3O3/c1-15(10-4-2-3-5-11(10)16)13(21)19(14(22)18-15)8-12(20)17-9-6-7-9/h2-5,9H,6-8H2,1H3,(H,17,20)(H,18,22)/t15-/m1/s1. The quantitative estimate of drug-likeness (QED) is 0.793. The molecular formula is C15H16BrN3O3. The normalized spacial score (nSPS) is 24.4. The summed E-state index contributed by atoms with van der Waals surface area (Å²) in [5, 5.41) is 5.47. The van der Waals surface area contributed by atoms with Gasteiger partial charge in [0.15, 0.2) is 0 Å². The fourth-order valence-corrected chi connectivity index (χ4v) is 3.22.